The standard InChI is InChI=1S/C29H21F3O/c1-2-3-4-20-5-7-21(8-6-20)9-10-22-11-17-27-24(19-22)14-18-26(28(27)30)23-12-15-25(16-13-23)33-29(31)32/h2,5-8,11-19,29H,1,3-4H2. The van der Waals surface area contributed by atoms with Crippen molar-refractivity contribution in [1.82, 2.24) is 0 Å². The molecule has 0 N–H and O–H groups in total. The highest BCUT2D eigenvalue weighted by Crippen LogP contribution is 2.30. The van der Waals surface area contributed by atoms with Crippen molar-refractivity contribution in [3.05, 3.63) is 114 Å². The molecule has 33 heavy (non-hydrogen) atoms. The van der Waals surface area contributed by atoms with Gasteiger partial charge in [-0.15, -0.1) is 6.58 Å². The van der Waals surface area contributed by atoms with Gasteiger partial charge in [-0.2, -0.15) is 8.78 Å². The summed E-state index contributed by atoms with van der Waals surface area (Å²) >= 11 is 0. The lowest BCUT2D eigenvalue weighted by Gasteiger charge is -2.09. The van der Waals surface area contributed by atoms with Gasteiger partial charge in [0.2, 0.25) is 0 Å². The lowest BCUT2D eigenvalue weighted by Crippen LogP contribution is -2.01. The first-order chi connectivity index (χ1) is 16.0. The minimum Gasteiger partial charge on any atom is -0.435 e. The Hall–Kier alpha value is -3.97. The van der Waals surface area contributed by atoms with Gasteiger partial charge in [0.05, 0.1) is 0 Å². The summed E-state index contributed by atoms with van der Waals surface area (Å²) < 4.78 is 44.2. The maximum absolute atomic E-state index is 15.2. The van der Waals surface area contributed by atoms with E-state index in [0.717, 1.165) is 29.4 Å². The van der Waals surface area contributed by atoms with Crippen molar-refractivity contribution in [2.24, 2.45) is 0 Å². The van der Waals surface area contributed by atoms with E-state index in [9.17, 15) is 8.78 Å². The molecule has 4 rings (SSSR count). The van der Waals surface area contributed by atoms with Gasteiger partial charge in [-0.25, -0.2) is 4.39 Å². The molecular formula is C29H21F3O. The summed E-state index contributed by atoms with van der Waals surface area (Å²) in [5.74, 6) is 5.95. The van der Waals surface area contributed by atoms with Gasteiger partial charge in [0.15, 0.2) is 0 Å². The highest BCUT2D eigenvalue weighted by molar-refractivity contribution is 5.89. The van der Waals surface area contributed by atoms with Crippen molar-refractivity contribution >= 4 is 10.8 Å². The smallest absolute Gasteiger partial charge is 0.387 e. The average Bonchev–Trinajstić information content (AvgIpc) is 2.82. The van der Waals surface area contributed by atoms with Crippen LogP contribution in [0.1, 0.15) is 23.1 Å². The molecule has 0 radical (unpaired) electrons. The summed E-state index contributed by atoms with van der Waals surface area (Å²) in [5, 5.41) is 1.21. The van der Waals surface area contributed by atoms with Gasteiger partial charge in [0, 0.05) is 22.1 Å². The predicted molar refractivity (Wildman–Crippen MR) is 127 cm³/mol. The number of benzene rings is 4. The summed E-state index contributed by atoms with van der Waals surface area (Å²) in [7, 11) is 0. The minimum atomic E-state index is -2.90. The number of ether oxygens (including phenoxy) is 1. The van der Waals surface area contributed by atoms with Crippen molar-refractivity contribution < 1.29 is 17.9 Å². The molecule has 0 aromatic heterocycles. The first-order valence-electron chi connectivity index (χ1n) is 10.5. The molecule has 1 nitrogen and oxygen atoms in total. The predicted octanol–water partition coefficient (Wildman–Crippen LogP) is 7.77. The molecule has 4 aromatic carbocycles. The Labute approximate surface area is 191 Å². The topological polar surface area (TPSA) is 9.23 Å². The van der Waals surface area contributed by atoms with Crippen molar-refractivity contribution in [3.63, 3.8) is 0 Å². The van der Waals surface area contributed by atoms with Gasteiger partial charge < -0.3 is 4.74 Å². The van der Waals surface area contributed by atoms with Gasteiger partial charge >= 0.3 is 6.61 Å². The largest absolute Gasteiger partial charge is 0.435 e. The molecule has 4 heteroatoms. The molecule has 0 heterocycles. The number of alkyl halides is 2. The summed E-state index contributed by atoms with van der Waals surface area (Å²) in [5.41, 5.74) is 3.92. The van der Waals surface area contributed by atoms with Gasteiger partial charge in [-0.1, -0.05) is 60.4 Å². The zero-order valence-electron chi connectivity index (χ0n) is 17.8. The van der Waals surface area contributed by atoms with E-state index < -0.39 is 6.61 Å². The van der Waals surface area contributed by atoms with Crippen molar-refractivity contribution in [2.75, 3.05) is 0 Å². The lowest BCUT2D eigenvalue weighted by molar-refractivity contribution is -0.0498. The van der Waals surface area contributed by atoms with E-state index in [1.165, 1.54) is 17.7 Å². The molecule has 4 aromatic rings. The third-order valence-corrected chi connectivity index (χ3v) is 5.29. The van der Waals surface area contributed by atoms with E-state index in [4.69, 9.17) is 0 Å². The quantitative estimate of drug-likeness (QED) is 0.219. The van der Waals surface area contributed by atoms with Crippen LogP contribution in [0.5, 0.6) is 5.75 Å². The van der Waals surface area contributed by atoms with Crippen LogP contribution < -0.4 is 4.74 Å². The maximum Gasteiger partial charge on any atom is 0.387 e. The SMILES string of the molecule is C=CCCc1ccc(C#Cc2ccc3c(F)c(-c4ccc(OC(F)F)cc4)ccc3c2)cc1. The molecule has 0 fully saturated rings. The van der Waals surface area contributed by atoms with E-state index in [0.29, 0.717) is 16.5 Å². The molecule has 0 unspecified atom stereocenters. The van der Waals surface area contributed by atoms with Crippen LogP contribution in [0.4, 0.5) is 13.2 Å². The Morgan fingerprint density at radius 2 is 1.55 bits per heavy atom. The Bertz CT molecular complexity index is 1330. The number of halogens is 3. The van der Waals surface area contributed by atoms with Crippen LogP contribution in [0.3, 0.4) is 0 Å². The third-order valence-electron chi connectivity index (χ3n) is 5.29. The molecule has 164 valence electrons. The Morgan fingerprint density at radius 1 is 0.848 bits per heavy atom. The molecule has 0 aliphatic rings. The average molecular weight is 442 g/mol. The molecule has 0 aliphatic carbocycles. The highest BCUT2D eigenvalue weighted by Gasteiger charge is 2.11. The van der Waals surface area contributed by atoms with Crippen molar-refractivity contribution in [1.29, 1.82) is 0 Å². The van der Waals surface area contributed by atoms with Crippen molar-refractivity contribution in [2.45, 2.75) is 19.5 Å². The van der Waals surface area contributed by atoms with Gasteiger partial charge in [-0.05, 0) is 65.8 Å². The molecule has 0 atom stereocenters. The van der Waals surface area contributed by atoms with Crippen LogP contribution in [0, 0.1) is 17.7 Å². The molecule has 0 amide bonds. The fraction of sp³-hybridized carbons (Fsp3) is 0.103. The second-order valence-corrected chi connectivity index (χ2v) is 7.54. The lowest BCUT2D eigenvalue weighted by atomic mass is 9.99. The number of aryl methyl sites for hydroxylation is 1. The van der Waals surface area contributed by atoms with Crippen LogP contribution >= 0.6 is 0 Å². The van der Waals surface area contributed by atoms with Crippen LogP contribution in [0.25, 0.3) is 21.9 Å². The van der Waals surface area contributed by atoms with E-state index in [-0.39, 0.29) is 11.6 Å². The van der Waals surface area contributed by atoms with E-state index in [1.807, 2.05) is 30.3 Å². The second-order valence-electron chi connectivity index (χ2n) is 7.54. The van der Waals surface area contributed by atoms with E-state index >= 15 is 4.39 Å². The van der Waals surface area contributed by atoms with Crippen molar-refractivity contribution in [3.8, 4) is 28.7 Å². The van der Waals surface area contributed by atoms with Crippen LogP contribution in [0.15, 0.2) is 91.5 Å². The monoisotopic (exact) mass is 442 g/mol. The van der Waals surface area contributed by atoms with Gasteiger partial charge in [0.1, 0.15) is 11.6 Å². The van der Waals surface area contributed by atoms with Gasteiger partial charge in [0.25, 0.3) is 0 Å². The number of fused-ring (bicyclic) bond motifs is 1. The molecule has 0 saturated carbocycles. The normalized spacial score (nSPS) is 10.7. The van der Waals surface area contributed by atoms with E-state index in [2.05, 4.69) is 35.3 Å². The second kappa shape index (κ2) is 10.1. The summed E-state index contributed by atoms with van der Waals surface area (Å²) in [6.07, 6.45) is 3.81. The molecule has 0 saturated heterocycles. The summed E-state index contributed by atoms with van der Waals surface area (Å²) in [4.78, 5) is 0. The number of hydrogen-bond acceptors (Lipinski definition) is 1. The first-order valence-corrected chi connectivity index (χ1v) is 10.5. The molecular weight excluding hydrogens is 421 g/mol. The zero-order valence-corrected chi connectivity index (χ0v) is 17.8. The van der Waals surface area contributed by atoms with E-state index in [1.54, 1.807) is 30.3 Å². The number of hydrogen-bond donors (Lipinski definition) is 0. The fourth-order valence-corrected chi connectivity index (χ4v) is 3.58. The Balaban J connectivity index is 1.56. The maximum atomic E-state index is 15.2. The highest BCUT2D eigenvalue weighted by atomic mass is 19.3. The third kappa shape index (κ3) is 5.45. The zero-order chi connectivity index (χ0) is 23.2. The fourth-order valence-electron chi connectivity index (χ4n) is 3.58. The first kappa shape index (κ1) is 22.2. The van der Waals surface area contributed by atoms with Gasteiger partial charge in [-0.3, -0.25) is 0 Å². The number of allylic oxidation sites excluding steroid dienone is 1. The molecule has 0 bridgehead atoms. The number of rotatable bonds is 6. The minimum absolute atomic E-state index is 0.0320. The summed E-state index contributed by atoms with van der Waals surface area (Å²) in [6.45, 7) is 0.846. The van der Waals surface area contributed by atoms with Crippen LogP contribution in [-0.2, 0) is 6.42 Å². The molecule has 0 aliphatic heterocycles. The Morgan fingerprint density at radius 3 is 2.24 bits per heavy atom. The molecule has 0 spiro atoms. The van der Waals surface area contributed by atoms with Crippen LogP contribution in [0.2, 0.25) is 0 Å². The summed E-state index contributed by atoms with van der Waals surface area (Å²) in [6, 6.07) is 22.9. The van der Waals surface area contributed by atoms with Crippen LogP contribution in [-0.4, -0.2) is 6.61 Å². The Kier molecular flexibility index (Phi) is 6.80.